The molecule has 0 fully saturated rings. The van der Waals surface area contributed by atoms with Crippen LogP contribution in [0.4, 0.5) is 0 Å². The van der Waals surface area contributed by atoms with Gasteiger partial charge in [-0.05, 0) is 38.5 Å². The molecule has 0 aliphatic heterocycles. The summed E-state index contributed by atoms with van der Waals surface area (Å²) in [5.41, 5.74) is 3.77. The van der Waals surface area contributed by atoms with Gasteiger partial charge in [-0.15, -0.1) is 0 Å². The SMILES string of the molecule is Cc1nn(C)c(C)c1CC(=O)N(C)C(C)c1ccc(Cl)cc1Cl. The molecule has 1 amide bonds. The van der Waals surface area contributed by atoms with Gasteiger partial charge in [0.25, 0.3) is 0 Å². The fourth-order valence-electron chi connectivity index (χ4n) is 2.61. The van der Waals surface area contributed by atoms with E-state index in [-0.39, 0.29) is 11.9 Å². The number of halogens is 2. The van der Waals surface area contributed by atoms with E-state index in [0.717, 1.165) is 22.5 Å². The van der Waals surface area contributed by atoms with Crippen molar-refractivity contribution in [3.05, 3.63) is 50.8 Å². The maximum absolute atomic E-state index is 12.6. The Labute approximate surface area is 147 Å². The normalized spacial score (nSPS) is 12.3. The molecule has 1 aromatic carbocycles. The van der Waals surface area contributed by atoms with Crippen LogP contribution in [0.15, 0.2) is 18.2 Å². The van der Waals surface area contributed by atoms with Crippen LogP contribution in [0.1, 0.15) is 35.5 Å². The number of benzene rings is 1. The quantitative estimate of drug-likeness (QED) is 0.829. The van der Waals surface area contributed by atoms with Gasteiger partial charge in [0.05, 0.1) is 18.2 Å². The summed E-state index contributed by atoms with van der Waals surface area (Å²) in [5.74, 6) is 0.0303. The van der Waals surface area contributed by atoms with E-state index >= 15 is 0 Å². The average molecular weight is 354 g/mol. The molecule has 0 radical (unpaired) electrons. The first-order valence-electron chi connectivity index (χ1n) is 7.42. The van der Waals surface area contributed by atoms with Gasteiger partial charge in [-0.3, -0.25) is 9.48 Å². The number of carbonyl (C=O) groups is 1. The third-order valence-electron chi connectivity index (χ3n) is 4.37. The molecule has 2 rings (SSSR count). The Morgan fingerprint density at radius 3 is 2.52 bits per heavy atom. The smallest absolute Gasteiger partial charge is 0.227 e. The van der Waals surface area contributed by atoms with Gasteiger partial charge in [0.2, 0.25) is 5.91 Å². The minimum atomic E-state index is -0.135. The summed E-state index contributed by atoms with van der Waals surface area (Å²) >= 11 is 12.2. The molecule has 1 atom stereocenters. The molecule has 0 saturated carbocycles. The molecule has 4 nitrogen and oxygen atoms in total. The lowest BCUT2D eigenvalue weighted by molar-refractivity contribution is -0.131. The average Bonchev–Trinajstić information content (AvgIpc) is 2.72. The van der Waals surface area contributed by atoms with Crippen LogP contribution in [0.5, 0.6) is 0 Å². The zero-order valence-corrected chi connectivity index (χ0v) is 15.5. The highest BCUT2D eigenvalue weighted by atomic mass is 35.5. The van der Waals surface area contributed by atoms with Gasteiger partial charge in [-0.1, -0.05) is 29.3 Å². The monoisotopic (exact) mass is 353 g/mol. The van der Waals surface area contributed by atoms with Crippen molar-refractivity contribution in [1.29, 1.82) is 0 Å². The van der Waals surface area contributed by atoms with Crippen LogP contribution in [0.3, 0.4) is 0 Å². The second-order valence-corrected chi connectivity index (χ2v) is 6.64. The lowest BCUT2D eigenvalue weighted by Crippen LogP contribution is -2.31. The van der Waals surface area contributed by atoms with E-state index in [1.165, 1.54) is 0 Å². The zero-order chi connectivity index (χ0) is 17.3. The van der Waals surface area contributed by atoms with Crippen LogP contribution >= 0.6 is 23.2 Å². The maximum Gasteiger partial charge on any atom is 0.227 e. The largest absolute Gasteiger partial charge is 0.339 e. The predicted octanol–water partition coefficient (Wildman–Crippen LogP) is 4.11. The number of amides is 1. The Morgan fingerprint density at radius 1 is 1.35 bits per heavy atom. The minimum Gasteiger partial charge on any atom is -0.339 e. The number of hydrogen-bond donors (Lipinski definition) is 0. The highest BCUT2D eigenvalue weighted by Gasteiger charge is 2.22. The third kappa shape index (κ3) is 3.70. The van der Waals surface area contributed by atoms with Crippen LogP contribution in [0.2, 0.25) is 10.0 Å². The maximum atomic E-state index is 12.6. The Balaban J connectivity index is 2.18. The molecule has 0 saturated heterocycles. The van der Waals surface area contributed by atoms with Crippen LogP contribution in [-0.4, -0.2) is 27.6 Å². The van der Waals surface area contributed by atoms with Gasteiger partial charge in [0.15, 0.2) is 0 Å². The molecule has 1 aromatic heterocycles. The number of aryl methyl sites for hydroxylation is 2. The molecule has 0 bridgehead atoms. The Hall–Kier alpha value is -1.52. The van der Waals surface area contributed by atoms with Crippen molar-refractivity contribution in [2.24, 2.45) is 7.05 Å². The van der Waals surface area contributed by atoms with Crippen molar-refractivity contribution in [2.75, 3.05) is 7.05 Å². The van der Waals surface area contributed by atoms with E-state index < -0.39 is 0 Å². The lowest BCUT2D eigenvalue weighted by Gasteiger charge is -2.26. The number of nitrogens with zero attached hydrogens (tertiary/aromatic N) is 3. The first kappa shape index (κ1) is 17.8. The van der Waals surface area contributed by atoms with Crippen molar-refractivity contribution >= 4 is 29.1 Å². The summed E-state index contributed by atoms with van der Waals surface area (Å²) in [7, 11) is 3.68. The Bertz CT molecular complexity index is 740. The molecule has 1 unspecified atom stereocenters. The molecule has 2 aromatic rings. The first-order chi connectivity index (χ1) is 10.7. The van der Waals surface area contributed by atoms with Gasteiger partial charge in [0.1, 0.15) is 0 Å². The van der Waals surface area contributed by atoms with Crippen molar-refractivity contribution in [2.45, 2.75) is 33.2 Å². The Morgan fingerprint density at radius 2 is 2.00 bits per heavy atom. The number of likely N-dealkylation sites (N-methyl/N-ethyl adjacent to an activating group) is 1. The highest BCUT2D eigenvalue weighted by Crippen LogP contribution is 2.29. The summed E-state index contributed by atoms with van der Waals surface area (Å²) in [5, 5.41) is 5.51. The zero-order valence-electron chi connectivity index (χ0n) is 14.0. The van der Waals surface area contributed by atoms with Crippen LogP contribution in [0, 0.1) is 13.8 Å². The topological polar surface area (TPSA) is 38.1 Å². The molecule has 1 heterocycles. The van der Waals surface area contributed by atoms with Gasteiger partial charge < -0.3 is 4.90 Å². The van der Waals surface area contributed by atoms with E-state index in [9.17, 15) is 4.79 Å². The van der Waals surface area contributed by atoms with Gasteiger partial charge in [0, 0.05) is 35.4 Å². The molecule has 6 heteroatoms. The molecule has 0 N–H and O–H groups in total. The molecule has 23 heavy (non-hydrogen) atoms. The Kier molecular flexibility index (Phi) is 5.37. The second kappa shape index (κ2) is 6.93. The molecule has 124 valence electrons. The van der Waals surface area contributed by atoms with Crippen molar-refractivity contribution < 1.29 is 4.79 Å². The fourth-order valence-corrected chi connectivity index (χ4v) is 3.18. The summed E-state index contributed by atoms with van der Waals surface area (Å²) in [6, 6.07) is 5.21. The predicted molar refractivity (Wildman–Crippen MR) is 94.0 cm³/mol. The van der Waals surface area contributed by atoms with E-state index in [0.29, 0.717) is 16.5 Å². The van der Waals surface area contributed by atoms with Crippen LogP contribution < -0.4 is 0 Å². The summed E-state index contributed by atoms with van der Waals surface area (Å²) in [6.07, 6.45) is 0.331. The lowest BCUT2D eigenvalue weighted by atomic mass is 10.1. The molecule has 0 spiro atoms. The van der Waals surface area contributed by atoms with Gasteiger partial charge in [-0.2, -0.15) is 5.10 Å². The van der Waals surface area contributed by atoms with Crippen molar-refractivity contribution in [1.82, 2.24) is 14.7 Å². The minimum absolute atomic E-state index is 0.0303. The number of aromatic nitrogens is 2. The molecule has 0 aliphatic carbocycles. The third-order valence-corrected chi connectivity index (χ3v) is 4.94. The van der Waals surface area contributed by atoms with E-state index in [1.54, 1.807) is 28.8 Å². The molecule has 0 aliphatic rings. The number of carbonyl (C=O) groups excluding carboxylic acids is 1. The van der Waals surface area contributed by atoms with Crippen LogP contribution in [-0.2, 0) is 18.3 Å². The molecular weight excluding hydrogens is 333 g/mol. The van der Waals surface area contributed by atoms with E-state index in [1.807, 2.05) is 33.9 Å². The molecular formula is C17H21Cl2N3O. The van der Waals surface area contributed by atoms with Gasteiger partial charge in [-0.25, -0.2) is 0 Å². The van der Waals surface area contributed by atoms with E-state index in [2.05, 4.69) is 5.10 Å². The summed E-state index contributed by atoms with van der Waals surface area (Å²) in [6.45, 7) is 5.85. The van der Waals surface area contributed by atoms with Crippen molar-refractivity contribution in [3.8, 4) is 0 Å². The van der Waals surface area contributed by atoms with E-state index in [4.69, 9.17) is 23.2 Å². The summed E-state index contributed by atoms with van der Waals surface area (Å²) < 4.78 is 1.80. The highest BCUT2D eigenvalue weighted by molar-refractivity contribution is 6.35. The fraction of sp³-hybridized carbons (Fsp3) is 0.412. The standard InChI is InChI=1S/C17H21Cl2N3O/c1-10-15(12(3)22(5)20-10)9-17(23)21(4)11(2)14-7-6-13(18)8-16(14)19/h6-8,11H,9H2,1-5H3. The number of hydrogen-bond acceptors (Lipinski definition) is 2. The number of rotatable bonds is 4. The van der Waals surface area contributed by atoms with Gasteiger partial charge >= 0.3 is 0 Å². The summed E-state index contributed by atoms with van der Waals surface area (Å²) in [4.78, 5) is 14.3. The first-order valence-corrected chi connectivity index (χ1v) is 8.17. The van der Waals surface area contributed by atoms with Crippen molar-refractivity contribution in [3.63, 3.8) is 0 Å². The van der Waals surface area contributed by atoms with Crippen LogP contribution in [0.25, 0.3) is 0 Å². The second-order valence-electron chi connectivity index (χ2n) is 5.80.